The fraction of sp³-hybridized carbons (Fsp3) is 0.833. The zero-order chi connectivity index (χ0) is 14.6. The van der Waals surface area contributed by atoms with E-state index in [9.17, 15) is 4.79 Å². The molecule has 1 rings (SSSR count). The number of aliphatic carboxylic acids is 1. The molecule has 0 amide bonds. The van der Waals surface area contributed by atoms with Gasteiger partial charge in [-0.05, 0) is 25.2 Å². The summed E-state index contributed by atoms with van der Waals surface area (Å²) < 4.78 is 0. The first-order valence-electron chi connectivity index (χ1n) is 8.60. The van der Waals surface area contributed by atoms with E-state index in [1.165, 1.54) is 64.2 Å². The van der Waals surface area contributed by atoms with Crippen molar-refractivity contribution in [2.45, 2.75) is 90.4 Å². The van der Waals surface area contributed by atoms with Crippen LogP contribution in [0.15, 0.2) is 11.6 Å². The van der Waals surface area contributed by atoms with Crippen LogP contribution in [0.1, 0.15) is 90.4 Å². The summed E-state index contributed by atoms with van der Waals surface area (Å²) in [6, 6.07) is 0. The van der Waals surface area contributed by atoms with Crippen LogP contribution in [0.4, 0.5) is 0 Å². The lowest BCUT2D eigenvalue weighted by Gasteiger charge is -2.10. The van der Waals surface area contributed by atoms with Crippen molar-refractivity contribution in [3.63, 3.8) is 0 Å². The number of hydrogen-bond donors (Lipinski definition) is 1. The Morgan fingerprint density at radius 3 is 2.05 bits per heavy atom. The largest absolute Gasteiger partial charge is 0.481 e. The van der Waals surface area contributed by atoms with E-state index in [2.05, 4.69) is 13.0 Å². The Hall–Kier alpha value is -0.790. The van der Waals surface area contributed by atoms with E-state index in [1.807, 2.05) is 0 Å². The third-order valence-corrected chi connectivity index (χ3v) is 4.31. The number of allylic oxidation sites excluding steroid dienone is 1. The first kappa shape index (κ1) is 17.3. The van der Waals surface area contributed by atoms with Crippen molar-refractivity contribution < 1.29 is 9.90 Å². The summed E-state index contributed by atoms with van der Waals surface area (Å²) in [6.45, 7) is 2.24. The van der Waals surface area contributed by atoms with Crippen molar-refractivity contribution in [1.29, 1.82) is 0 Å². The molecule has 116 valence electrons. The van der Waals surface area contributed by atoms with E-state index >= 15 is 0 Å². The standard InChI is InChI=1S/C18H32O2/c1-16-12-10-8-6-4-2-3-5-7-9-11-13-17(14-16)15-18(19)20/h14,16H,2-13,15H2,1H3,(H,19,20)/b17-14+/t16-/m1/s1. The summed E-state index contributed by atoms with van der Waals surface area (Å²) in [6.07, 6.45) is 17.9. The van der Waals surface area contributed by atoms with Gasteiger partial charge in [0.15, 0.2) is 0 Å². The molecule has 0 saturated heterocycles. The van der Waals surface area contributed by atoms with Gasteiger partial charge in [0, 0.05) is 0 Å². The molecule has 0 aromatic carbocycles. The van der Waals surface area contributed by atoms with Gasteiger partial charge in [-0.25, -0.2) is 0 Å². The molecule has 0 heterocycles. The predicted molar refractivity (Wildman–Crippen MR) is 84.9 cm³/mol. The van der Waals surface area contributed by atoms with Crippen LogP contribution < -0.4 is 0 Å². The lowest BCUT2D eigenvalue weighted by Crippen LogP contribution is -2.01. The fourth-order valence-electron chi connectivity index (χ4n) is 3.14. The molecule has 0 aromatic rings. The molecule has 0 radical (unpaired) electrons. The van der Waals surface area contributed by atoms with Gasteiger partial charge in [0.25, 0.3) is 0 Å². The predicted octanol–water partition coefficient (Wildman–Crippen LogP) is 5.72. The highest BCUT2D eigenvalue weighted by Gasteiger charge is 2.07. The van der Waals surface area contributed by atoms with Crippen LogP contribution in [0.25, 0.3) is 0 Å². The highest BCUT2D eigenvalue weighted by atomic mass is 16.4. The van der Waals surface area contributed by atoms with Gasteiger partial charge in [-0.1, -0.05) is 76.4 Å². The van der Waals surface area contributed by atoms with Crippen LogP contribution in [0.5, 0.6) is 0 Å². The molecule has 0 aromatic heterocycles. The van der Waals surface area contributed by atoms with Crippen LogP contribution in [0.2, 0.25) is 0 Å². The maximum absolute atomic E-state index is 11.0. The van der Waals surface area contributed by atoms with Crippen molar-refractivity contribution in [3.05, 3.63) is 11.6 Å². The Kier molecular flexibility index (Phi) is 9.44. The van der Waals surface area contributed by atoms with E-state index in [0.717, 1.165) is 18.4 Å². The molecule has 0 spiro atoms. The minimum absolute atomic E-state index is 0.240. The molecule has 1 aliphatic rings. The third kappa shape index (κ3) is 9.17. The van der Waals surface area contributed by atoms with Crippen molar-refractivity contribution in [2.75, 3.05) is 0 Å². The third-order valence-electron chi connectivity index (χ3n) is 4.31. The van der Waals surface area contributed by atoms with E-state index in [0.29, 0.717) is 5.92 Å². The zero-order valence-electron chi connectivity index (χ0n) is 13.2. The van der Waals surface area contributed by atoms with Crippen molar-refractivity contribution >= 4 is 5.97 Å². The Balaban J connectivity index is 2.49. The normalized spacial score (nSPS) is 26.9. The quantitative estimate of drug-likeness (QED) is 0.657. The smallest absolute Gasteiger partial charge is 0.307 e. The molecular weight excluding hydrogens is 248 g/mol. The van der Waals surface area contributed by atoms with Crippen LogP contribution in [0, 0.1) is 5.92 Å². The first-order chi connectivity index (χ1) is 9.68. The summed E-state index contributed by atoms with van der Waals surface area (Å²) in [5, 5.41) is 9.02. The van der Waals surface area contributed by atoms with Crippen LogP contribution in [0.3, 0.4) is 0 Å². The number of carboxylic acid groups (broad SMARTS) is 1. The molecule has 1 atom stereocenters. The minimum Gasteiger partial charge on any atom is -0.481 e. The molecule has 1 aliphatic carbocycles. The lowest BCUT2D eigenvalue weighted by molar-refractivity contribution is -0.136. The lowest BCUT2D eigenvalue weighted by atomic mass is 9.96. The SMILES string of the molecule is C[C@H]1/C=C(/CC(=O)O)CCCCCCCCCCCC1. The number of carboxylic acids is 1. The molecule has 20 heavy (non-hydrogen) atoms. The number of carbonyl (C=O) groups is 1. The molecule has 0 unspecified atom stereocenters. The van der Waals surface area contributed by atoms with Gasteiger partial charge in [0.2, 0.25) is 0 Å². The van der Waals surface area contributed by atoms with Crippen molar-refractivity contribution in [3.8, 4) is 0 Å². The molecular formula is C18H32O2. The van der Waals surface area contributed by atoms with E-state index in [-0.39, 0.29) is 6.42 Å². The van der Waals surface area contributed by atoms with Gasteiger partial charge in [0.05, 0.1) is 6.42 Å². The van der Waals surface area contributed by atoms with Gasteiger partial charge in [-0.15, -0.1) is 0 Å². The topological polar surface area (TPSA) is 37.3 Å². The highest BCUT2D eigenvalue weighted by Crippen LogP contribution is 2.21. The molecule has 0 bridgehead atoms. The van der Waals surface area contributed by atoms with E-state index < -0.39 is 5.97 Å². The zero-order valence-corrected chi connectivity index (χ0v) is 13.2. The molecule has 0 saturated carbocycles. The maximum atomic E-state index is 11.0. The van der Waals surface area contributed by atoms with Gasteiger partial charge in [0.1, 0.15) is 0 Å². The highest BCUT2D eigenvalue weighted by molar-refractivity contribution is 5.69. The summed E-state index contributed by atoms with van der Waals surface area (Å²) in [5.74, 6) is -0.143. The second-order valence-electron chi connectivity index (χ2n) is 6.45. The maximum Gasteiger partial charge on any atom is 0.307 e. The minimum atomic E-state index is -0.679. The summed E-state index contributed by atoms with van der Waals surface area (Å²) in [4.78, 5) is 11.0. The summed E-state index contributed by atoms with van der Waals surface area (Å²) in [7, 11) is 0. The monoisotopic (exact) mass is 280 g/mol. The van der Waals surface area contributed by atoms with Crippen molar-refractivity contribution in [1.82, 2.24) is 0 Å². The Bertz CT molecular complexity index is 294. The first-order valence-corrected chi connectivity index (χ1v) is 8.60. The Labute approximate surface area is 124 Å². The second kappa shape index (κ2) is 10.9. The molecule has 2 nitrogen and oxygen atoms in total. The van der Waals surface area contributed by atoms with Crippen LogP contribution in [-0.2, 0) is 4.79 Å². The Morgan fingerprint density at radius 2 is 1.50 bits per heavy atom. The van der Waals surface area contributed by atoms with Crippen LogP contribution >= 0.6 is 0 Å². The fourth-order valence-corrected chi connectivity index (χ4v) is 3.14. The average molecular weight is 280 g/mol. The molecule has 2 heteroatoms. The van der Waals surface area contributed by atoms with Gasteiger partial charge in [-0.3, -0.25) is 4.79 Å². The summed E-state index contributed by atoms with van der Waals surface area (Å²) >= 11 is 0. The van der Waals surface area contributed by atoms with Gasteiger partial charge < -0.3 is 5.11 Å². The number of rotatable bonds is 2. The number of hydrogen-bond acceptors (Lipinski definition) is 1. The van der Waals surface area contributed by atoms with E-state index in [4.69, 9.17) is 5.11 Å². The molecule has 0 aliphatic heterocycles. The van der Waals surface area contributed by atoms with E-state index in [1.54, 1.807) is 0 Å². The van der Waals surface area contributed by atoms with Crippen LogP contribution in [-0.4, -0.2) is 11.1 Å². The Morgan fingerprint density at radius 1 is 1.00 bits per heavy atom. The van der Waals surface area contributed by atoms with Crippen molar-refractivity contribution in [2.24, 2.45) is 5.92 Å². The second-order valence-corrected chi connectivity index (χ2v) is 6.45. The van der Waals surface area contributed by atoms with Gasteiger partial charge in [-0.2, -0.15) is 0 Å². The summed E-state index contributed by atoms with van der Waals surface area (Å²) in [5.41, 5.74) is 1.15. The average Bonchev–Trinajstić information content (AvgIpc) is 2.39. The molecule has 0 fully saturated rings. The molecule has 1 N–H and O–H groups in total. The van der Waals surface area contributed by atoms with Gasteiger partial charge >= 0.3 is 5.97 Å².